The fraction of sp³-hybridized carbons (Fsp3) is 0.444. The number of piperidine rings is 1. The van der Waals surface area contributed by atoms with E-state index in [1.165, 1.54) is 4.31 Å². The number of hydrogen-bond donors (Lipinski definition) is 1. The lowest BCUT2D eigenvalue weighted by Crippen LogP contribution is -2.40. The minimum atomic E-state index is -3.27. The number of fused-ring (bicyclic) bond motifs is 1. The van der Waals surface area contributed by atoms with E-state index in [4.69, 9.17) is 0 Å². The van der Waals surface area contributed by atoms with Crippen molar-refractivity contribution in [2.45, 2.75) is 32.2 Å². The molecule has 9 nitrogen and oxygen atoms in total. The molecule has 1 fully saturated rings. The summed E-state index contributed by atoms with van der Waals surface area (Å²) in [4.78, 5) is 19.9. The lowest BCUT2D eigenvalue weighted by atomic mass is 9.99. The standard InChI is InChI=1S/C18H22N6O3S/c1-2-28(26,27)23-10-6-9-14(12-23)16-19-17-15(18(25)20-16)21-22-24(17)11-13-7-4-3-5-8-13/h3-5,7-8,14H,2,6,9-12H2,1H3,(H,19,20,25)/t14-/m1/s1. The Morgan fingerprint density at radius 3 is 2.79 bits per heavy atom. The van der Waals surface area contributed by atoms with Crippen molar-refractivity contribution in [3.05, 3.63) is 52.1 Å². The topological polar surface area (TPSA) is 114 Å². The minimum Gasteiger partial charge on any atom is -0.308 e. The Hall–Kier alpha value is -2.59. The highest BCUT2D eigenvalue weighted by Gasteiger charge is 2.30. The molecule has 2 aromatic heterocycles. The van der Waals surface area contributed by atoms with Gasteiger partial charge in [0.2, 0.25) is 10.0 Å². The number of nitrogens with one attached hydrogen (secondary N) is 1. The molecule has 3 heterocycles. The molecule has 0 radical (unpaired) electrons. The van der Waals surface area contributed by atoms with Crippen LogP contribution in [0, 0.1) is 0 Å². The average molecular weight is 402 g/mol. The maximum absolute atomic E-state index is 12.5. The summed E-state index contributed by atoms with van der Waals surface area (Å²) in [6.45, 7) is 2.92. The Kier molecular flexibility index (Phi) is 4.98. The molecule has 1 atom stereocenters. The number of rotatable bonds is 5. The fourth-order valence-corrected chi connectivity index (χ4v) is 4.72. The SMILES string of the molecule is CCS(=O)(=O)N1CCC[C@@H](c2nc3c(nnn3Cc3ccccc3)c(=O)[nH]2)C1. The van der Waals surface area contributed by atoms with Crippen LogP contribution in [0.5, 0.6) is 0 Å². The van der Waals surface area contributed by atoms with Crippen LogP contribution in [0.15, 0.2) is 35.1 Å². The van der Waals surface area contributed by atoms with Gasteiger partial charge in [0.05, 0.1) is 12.3 Å². The second kappa shape index (κ2) is 7.44. The number of aromatic nitrogens is 5. The van der Waals surface area contributed by atoms with Gasteiger partial charge in [0.25, 0.3) is 5.56 Å². The molecule has 1 saturated heterocycles. The predicted octanol–water partition coefficient (Wildman–Crippen LogP) is 1.09. The van der Waals surface area contributed by atoms with Gasteiger partial charge in [-0.25, -0.2) is 22.4 Å². The van der Waals surface area contributed by atoms with Crippen LogP contribution in [0.2, 0.25) is 0 Å². The predicted molar refractivity (Wildman–Crippen MR) is 104 cm³/mol. The van der Waals surface area contributed by atoms with E-state index in [-0.39, 0.29) is 22.7 Å². The maximum Gasteiger partial charge on any atom is 0.281 e. The van der Waals surface area contributed by atoms with Crippen LogP contribution in [0.1, 0.15) is 37.1 Å². The van der Waals surface area contributed by atoms with Crippen molar-refractivity contribution in [2.75, 3.05) is 18.8 Å². The zero-order chi connectivity index (χ0) is 19.7. The van der Waals surface area contributed by atoms with E-state index in [2.05, 4.69) is 20.3 Å². The van der Waals surface area contributed by atoms with Crippen molar-refractivity contribution in [3.63, 3.8) is 0 Å². The molecule has 3 aromatic rings. The molecular formula is C18H22N6O3S. The van der Waals surface area contributed by atoms with Gasteiger partial charge < -0.3 is 4.98 Å². The largest absolute Gasteiger partial charge is 0.308 e. The molecule has 1 aliphatic heterocycles. The van der Waals surface area contributed by atoms with Crippen LogP contribution in [0.4, 0.5) is 0 Å². The van der Waals surface area contributed by atoms with Crippen LogP contribution in [0.3, 0.4) is 0 Å². The Morgan fingerprint density at radius 1 is 1.25 bits per heavy atom. The highest BCUT2D eigenvalue weighted by Crippen LogP contribution is 2.26. The summed E-state index contributed by atoms with van der Waals surface area (Å²) >= 11 is 0. The number of sulfonamides is 1. The van der Waals surface area contributed by atoms with Crippen LogP contribution in [-0.4, -0.2) is 56.5 Å². The van der Waals surface area contributed by atoms with Crippen LogP contribution in [0.25, 0.3) is 11.2 Å². The van der Waals surface area contributed by atoms with Gasteiger partial charge in [0, 0.05) is 19.0 Å². The summed E-state index contributed by atoms with van der Waals surface area (Å²) in [5.74, 6) is 0.397. The van der Waals surface area contributed by atoms with Gasteiger partial charge >= 0.3 is 0 Å². The first-order valence-electron chi connectivity index (χ1n) is 9.33. The van der Waals surface area contributed by atoms with E-state index in [1.54, 1.807) is 11.6 Å². The highest BCUT2D eigenvalue weighted by molar-refractivity contribution is 7.89. The van der Waals surface area contributed by atoms with Crippen LogP contribution < -0.4 is 5.56 Å². The molecule has 4 rings (SSSR count). The third-order valence-corrected chi connectivity index (χ3v) is 6.94. The minimum absolute atomic E-state index is 0.0659. The van der Waals surface area contributed by atoms with E-state index >= 15 is 0 Å². The van der Waals surface area contributed by atoms with Gasteiger partial charge in [-0.3, -0.25) is 4.79 Å². The molecule has 0 aliphatic carbocycles. The second-order valence-electron chi connectivity index (χ2n) is 6.95. The molecule has 28 heavy (non-hydrogen) atoms. The average Bonchev–Trinajstić information content (AvgIpc) is 3.12. The number of hydrogen-bond acceptors (Lipinski definition) is 6. The smallest absolute Gasteiger partial charge is 0.281 e. The highest BCUT2D eigenvalue weighted by atomic mass is 32.2. The quantitative estimate of drug-likeness (QED) is 0.683. The Bertz CT molecular complexity index is 1140. The summed E-state index contributed by atoms with van der Waals surface area (Å²) in [6, 6.07) is 9.74. The van der Waals surface area contributed by atoms with Crippen molar-refractivity contribution in [3.8, 4) is 0 Å². The van der Waals surface area contributed by atoms with Crippen molar-refractivity contribution < 1.29 is 8.42 Å². The monoisotopic (exact) mass is 402 g/mol. The lowest BCUT2D eigenvalue weighted by Gasteiger charge is -2.31. The number of benzene rings is 1. The van der Waals surface area contributed by atoms with Gasteiger partial charge in [-0.2, -0.15) is 0 Å². The normalized spacial score (nSPS) is 18.5. The summed E-state index contributed by atoms with van der Waals surface area (Å²) in [5.41, 5.74) is 1.28. The molecule has 0 saturated carbocycles. The molecule has 0 amide bonds. The van der Waals surface area contributed by atoms with Gasteiger partial charge in [-0.1, -0.05) is 35.5 Å². The van der Waals surface area contributed by atoms with Gasteiger partial charge in [-0.15, -0.1) is 5.10 Å². The Balaban J connectivity index is 1.68. The summed E-state index contributed by atoms with van der Waals surface area (Å²) in [7, 11) is -3.27. The number of nitrogens with zero attached hydrogens (tertiary/aromatic N) is 5. The van der Waals surface area contributed by atoms with E-state index in [0.717, 1.165) is 18.4 Å². The molecule has 1 aromatic carbocycles. The third-order valence-electron chi connectivity index (χ3n) is 5.10. The van der Waals surface area contributed by atoms with E-state index < -0.39 is 10.0 Å². The van der Waals surface area contributed by atoms with Gasteiger partial charge in [-0.05, 0) is 25.3 Å². The Labute approximate surface area is 162 Å². The lowest BCUT2D eigenvalue weighted by molar-refractivity contribution is 0.309. The van der Waals surface area contributed by atoms with Crippen molar-refractivity contribution >= 4 is 21.2 Å². The van der Waals surface area contributed by atoms with Crippen molar-refractivity contribution in [1.29, 1.82) is 0 Å². The summed E-state index contributed by atoms with van der Waals surface area (Å²) in [6.07, 6.45) is 1.50. The van der Waals surface area contributed by atoms with E-state index in [1.807, 2.05) is 30.3 Å². The van der Waals surface area contributed by atoms with E-state index in [0.29, 0.717) is 31.1 Å². The van der Waals surface area contributed by atoms with E-state index in [9.17, 15) is 13.2 Å². The Morgan fingerprint density at radius 2 is 2.04 bits per heavy atom. The molecule has 148 valence electrons. The molecule has 1 N–H and O–H groups in total. The fourth-order valence-electron chi connectivity index (χ4n) is 3.54. The first kappa shape index (κ1) is 18.8. The van der Waals surface area contributed by atoms with Gasteiger partial charge in [0.15, 0.2) is 11.2 Å². The summed E-state index contributed by atoms with van der Waals surface area (Å²) in [5, 5.41) is 8.05. The molecular weight excluding hydrogens is 380 g/mol. The van der Waals surface area contributed by atoms with Crippen LogP contribution >= 0.6 is 0 Å². The third kappa shape index (κ3) is 3.57. The zero-order valence-corrected chi connectivity index (χ0v) is 16.4. The molecule has 0 spiro atoms. The van der Waals surface area contributed by atoms with Gasteiger partial charge in [0.1, 0.15) is 5.82 Å². The number of H-pyrrole nitrogens is 1. The molecule has 10 heteroatoms. The molecule has 0 bridgehead atoms. The first-order chi connectivity index (χ1) is 13.5. The molecule has 0 unspecified atom stereocenters. The second-order valence-corrected chi connectivity index (χ2v) is 9.21. The first-order valence-corrected chi connectivity index (χ1v) is 10.9. The van der Waals surface area contributed by atoms with Crippen molar-refractivity contribution in [1.82, 2.24) is 29.3 Å². The maximum atomic E-state index is 12.5. The van der Waals surface area contributed by atoms with Crippen LogP contribution in [-0.2, 0) is 16.6 Å². The zero-order valence-electron chi connectivity index (χ0n) is 15.6. The summed E-state index contributed by atoms with van der Waals surface area (Å²) < 4.78 is 27.6. The number of aromatic amines is 1. The van der Waals surface area contributed by atoms with Crippen molar-refractivity contribution in [2.24, 2.45) is 0 Å². The molecule has 1 aliphatic rings.